The summed E-state index contributed by atoms with van der Waals surface area (Å²) in [6.07, 6.45) is 2.14. The Morgan fingerprint density at radius 3 is 2.18 bits per heavy atom. The molecule has 0 aliphatic carbocycles. The van der Waals surface area contributed by atoms with Gasteiger partial charge in [-0.05, 0) is 74.2 Å². The molecule has 0 bridgehead atoms. The molecule has 0 radical (unpaired) electrons. The van der Waals surface area contributed by atoms with Crippen molar-refractivity contribution in [2.45, 2.75) is 27.2 Å². The second-order valence-electron chi connectivity index (χ2n) is 8.53. The fourth-order valence-electron chi connectivity index (χ4n) is 4.14. The minimum absolute atomic E-state index is 0.105. The van der Waals surface area contributed by atoms with Crippen molar-refractivity contribution in [2.24, 2.45) is 0 Å². The normalized spacial score (nSPS) is 15.0. The minimum Gasteiger partial charge on any atom is -0.497 e. The van der Waals surface area contributed by atoms with Gasteiger partial charge in [-0.1, -0.05) is 53.1 Å². The molecule has 1 saturated heterocycles. The van der Waals surface area contributed by atoms with E-state index in [1.807, 2.05) is 32.9 Å². The summed E-state index contributed by atoms with van der Waals surface area (Å²) in [5.74, 6) is -0.699. The maximum Gasteiger partial charge on any atom is 0.335 e. The lowest BCUT2D eigenvalue weighted by Gasteiger charge is -2.26. The van der Waals surface area contributed by atoms with E-state index in [-0.39, 0.29) is 5.57 Å². The third kappa shape index (κ3) is 4.76. The third-order valence-electron chi connectivity index (χ3n) is 5.72. The number of rotatable bonds is 5. The number of barbiturate groups is 1. The van der Waals surface area contributed by atoms with E-state index >= 15 is 0 Å². The molecule has 3 aromatic rings. The highest BCUT2D eigenvalue weighted by molar-refractivity contribution is 6.39. The van der Waals surface area contributed by atoms with Crippen LogP contribution in [0.2, 0.25) is 0 Å². The van der Waals surface area contributed by atoms with Gasteiger partial charge in [0.25, 0.3) is 11.8 Å². The van der Waals surface area contributed by atoms with Crippen molar-refractivity contribution in [3.63, 3.8) is 0 Å². The van der Waals surface area contributed by atoms with Crippen LogP contribution in [0.25, 0.3) is 6.08 Å². The molecule has 0 aromatic heterocycles. The van der Waals surface area contributed by atoms with Gasteiger partial charge in [0.2, 0.25) is 0 Å². The standard InChI is InChI=1S/C28H26N2O4/c1-17-5-8-23(9-6-17)30-27(32)25(26(31)29-28(30)33)16-21-7-10-24(34-4)15-22(21)14-20-12-18(2)11-19(3)13-20/h5-13,15-16H,14H2,1-4H3,(H,29,31,33)/b25-16+. The van der Waals surface area contributed by atoms with E-state index in [1.165, 1.54) is 0 Å². The molecule has 3 aromatic carbocycles. The van der Waals surface area contributed by atoms with Gasteiger partial charge in [-0.15, -0.1) is 0 Å². The first kappa shape index (κ1) is 23.0. The SMILES string of the molecule is COc1ccc(/C=C2\C(=O)NC(=O)N(c3ccc(C)cc3)C2=O)c(Cc2cc(C)cc(C)c2)c1. The Bertz CT molecular complexity index is 1300. The Labute approximate surface area is 198 Å². The van der Waals surface area contributed by atoms with Crippen LogP contribution < -0.4 is 15.0 Å². The molecule has 0 spiro atoms. The average Bonchev–Trinajstić information content (AvgIpc) is 2.78. The number of carbonyl (C=O) groups excluding carboxylic acids is 3. The summed E-state index contributed by atoms with van der Waals surface area (Å²) in [6, 6.07) is 18.0. The number of benzene rings is 3. The van der Waals surface area contributed by atoms with Crippen molar-refractivity contribution in [2.75, 3.05) is 12.0 Å². The number of methoxy groups -OCH3 is 1. The molecule has 1 N–H and O–H groups in total. The zero-order valence-corrected chi connectivity index (χ0v) is 19.6. The molecule has 6 heteroatoms. The van der Waals surface area contributed by atoms with Gasteiger partial charge in [0.1, 0.15) is 11.3 Å². The molecule has 1 fully saturated rings. The highest BCUT2D eigenvalue weighted by Crippen LogP contribution is 2.27. The van der Waals surface area contributed by atoms with Crippen LogP contribution in [0, 0.1) is 20.8 Å². The first-order valence-electron chi connectivity index (χ1n) is 11.0. The average molecular weight is 455 g/mol. The summed E-state index contributed by atoms with van der Waals surface area (Å²) < 4.78 is 5.41. The maximum absolute atomic E-state index is 13.3. The Hall–Kier alpha value is -4.19. The van der Waals surface area contributed by atoms with Gasteiger partial charge >= 0.3 is 6.03 Å². The van der Waals surface area contributed by atoms with Gasteiger partial charge in [-0.25, -0.2) is 9.69 Å². The molecule has 1 heterocycles. The van der Waals surface area contributed by atoms with E-state index in [9.17, 15) is 14.4 Å². The number of ether oxygens (including phenoxy) is 1. The fourth-order valence-corrected chi connectivity index (χ4v) is 4.14. The second-order valence-corrected chi connectivity index (χ2v) is 8.53. The van der Waals surface area contributed by atoms with Crippen molar-refractivity contribution < 1.29 is 19.1 Å². The van der Waals surface area contributed by atoms with Gasteiger partial charge in [0.15, 0.2) is 0 Å². The van der Waals surface area contributed by atoms with Crippen molar-refractivity contribution in [1.29, 1.82) is 0 Å². The number of urea groups is 1. The largest absolute Gasteiger partial charge is 0.497 e. The van der Waals surface area contributed by atoms with E-state index in [1.54, 1.807) is 43.5 Å². The van der Waals surface area contributed by atoms with Crippen LogP contribution in [0.1, 0.15) is 33.4 Å². The Morgan fingerprint density at radius 2 is 1.53 bits per heavy atom. The zero-order valence-electron chi connectivity index (χ0n) is 19.6. The smallest absolute Gasteiger partial charge is 0.335 e. The molecule has 34 heavy (non-hydrogen) atoms. The lowest BCUT2D eigenvalue weighted by molar-refractivity contribution is -0.122. The predicted octanol–water partition coefficient (Wildman–Crippen LogP) is 4.88. The molecule has 1 aliphatic rings. The molecule has 0 atom stereocenters. The molecular formula is C28H26N2O4. The number of nitrogens with zero attached hydrogens (tertiary/aromatic N) is 1. The summed E-state index contributed by atoms with van der Waals surface area (Å²) in [7, 11) is 1.59. The number of aryl methyl sites for hydroxylation is 3. The van der Waals surface area contributed by atoms with Crippen LogP contribution in [-0.4, -0.2) is 25.0 Å². The molecular weight excluding hydrogens is 428 g/mol. The first-order chi connectivity index (χ1) is 16.2. The Balaban J connectivity index is 1.75. The van der Waals surface area contributed by atoms with E-state index in [0.29, 0.717) is 23.4 Å². The van der Waals surface area contributed by atoms with Crippen LogP contribution in [0.15, 0.2) is 66.2 Å². The monoisotopic (exact) mass is 454 g/mol. The number of nitrogens with one attached hydrogen (secondary N) is 1. The summed E-state index contributed by atoms with van der Waals surface area (Å²) >= 11 is 0. The predicted molar refractivity (Wildman–Crippen MR) is 132 cm³/mol. The molecule has 6 nitrogen and oxygen atoms in total. The van der Waals surface area contributed by atoms with Gasteiger partial charge in [0, 0.05) is 0 Å². The number of anilines is 1. The second kappa shape index (κ2) is 9.35. The fraction of sp³-hybridized carbons (Fsp3) is 0.179. The van der Waals surface area contributed by atoms with Crippen molar-refractivity contribution in [3.8, 4) is 5.75 Å². The molecule has 172 valence electrons. The number of carbonyl (C=O) groups is 3. The van der Waals surface area contributed by atoms with Crippen molar-refractivity contribution >= 4 is 29.6 Å². The maximum atomic E-state index is 13.3. The number of hydrogen-bond acceptors (Lipinski definition) is 4. The van der Waals surface area contributed by atoms with Crippen LogP contribution in [-0.2, 0) is 16.0 Å². The van der Waals surface area contributed by atoms with Gasteiger partial charge in [0.05, 0.1) is 12.8 Å². The van der Waals surface area contributed by atoms with E-state index in [0.717, 1.165) is 32.7 Å². The Morgan fingerprint density at radius 1 is 0.853 bits per heavy atom. The molecule has 1 aliphatic heterocycles. The Kier molecular flexibility index (Phi) is 6.32. The van der Waals surface area contributed by atoms with Crippen LogP contribution in [0.3, 0.4) is 0 Å². The van der Waals surface area contributed by atoms with Crippen LogP contribution in [0.5, 0.6) is 5.75 Å². The van der Waals surface area contributed by atoms with Crippen molar-refractivity contribution in [1.82, 2.24) is 5.32 Å². The summed E-state index contributed by atoms with van der Waals surface area (Å²) in [4.78, 5) is 39.4. The molecule has 0 unspecified atom stereocenters. The summed E-state index contributed by atoms with van der Waals surface area (Å²) in [6.45, 7) is 6.01. The number of hydrogen-bond donors (Lipinski definition) is 1. The highest BCUT2D eigenvalue weighted by Gasteiger charge is 2.36. The number of imide groups is 2. The number of amides is 4. The van der Waals surface area contributed by atoms with Crippen LogP contribution in [0.4, 0.5) is 10.5 Å². The zero-order chi connectivity index (χ0) is 24.4. The topological polar surface area (TPSA) is 75.7 Å². The molecule has 4 amide bonds. The van der Waals surface area contributed by atoms with Gasteiger partial charge < -0.3 is 4.74 Å². The minimum atomic E-state index is -0.763. The van der Waals surface area contributed by atoms with E-state index < -0.39 is 17.8 Å². The van der Waals surface area contributed by atoms with E-state index in [2.05, 4.69) is 23.5 Å². The van der Waals surface area contributed by atoms with Crippen LogP contribution >= 0.6 is 0 Å². The van der Waals surface area contributed by atoms with Crippen molar-refractivity contribution in [3.05, 3.63) is 99.6 Å². The van der Waals surface area contributed by atoms with Gasteiger partial charge in [-0.2, -0.15) is 0 Å². The first-order valence-corrected chi connectivity index (χ1v) is 11.0. The third-order valence-corrected chi connectivity index (χ3v) is 5.72. The lowest BCUT2D eigenvalue weighted by atomic mass is 9.95. The van der Waals surface area contributed by atoms with Gasteiger partial charge in [-0.3, -0.25) is 14.9 Å². The quantitative estimate of drug-likeness (QED) is 0.441. The molecule has 4 rings (SSSR count). The summed E-state index contributed by atoms with van der Waals surface area (Å²) in [5.41, 5.74) is 6.33. The highest BCUT2D eigenvalue weighted by atomic mass is 16.5. The lowest BCUT2D eigenvalue weighted by Crippen LogP contribution is -2.54. The summed E-state index contributed by atoms with van der Waals surface area (Å²) in [5, 5.41) is 2.28. The molecule has 0 saturated carbocycles. The van der Waals surface area contributed by atoms with E-state index in [4.69, 9.17) is 4.74 Å².